The summed E-state index contributed by atoms with van der Waals surface area (Å²) in [5, 5.41) is 2.93. The molecule has 1 aliphatic rings. The number of carbonyl (C=O) groups excluding carboxylic acids is 1. The first-order valence-electron chi connectivity index (χ1n) is 6.87. The van der Waals surface area contributed by atoms with Gasteiger partial charge in [-0.1, -0.05) is 18.2 Å². The summed E-state index contributed by atoms with van der Waals surface area (Å²) in [4.78, 5) is 14.4. The van der Waals surface area contributed by atoms with Crippen LogP contribution in [0.25, 0.3) is 0 Å². The summed E-state index contributed by atoms with van der Waals surface area (Å²) in [5.74, 6) is -0.152. The van der Waals surface area contributed by atoms with Crippen LogP contribution < -0.4 is 11.1 Å². The maximum absolute atomic E-state index is 12.0. The van der Waals surface area contributed by atoms with Gasteiger partial charge in [0.05, 0.1) is 5.54 Å². The first-order valence-corrected chi connectivity index (χ1v) is 6.87. The molecule has 19 heavy (non-hydrogen) atoms. The number of nitrogens with zero attached hydrogens (tertiary/aromatic N) is 1. The van der Waals surface area contributed by atoms with Crippen LogP contribution in [-0.4, -0.2) is 29.4 Å². The van der Waals surface area contributed by atoms with Gasteiger partial charge in [0.1, 0.15) is 0 Å². The Labute approximate surface area is 115 Å². The average molecular weight is 261 g/mol. The topological polar surface area (TPSA) is 58.4 Å². The number of hydrogen-bond acceptors (Lipinski definition) is 3. The number of rotatable bonds is 4. The van der Waals surface area contributed by atoms with Gasteiger partial charge in [-0.3, -0.25) is 9.69 Å². The second kappa shape index (κ2) is 5.72. The molecule has 1 fully saturated rings. The van der Waals surface area contributed by atoms with Crippen molar-refractivity contribution in [3.05, 3.63) is 29.8 Å². The summed E-state index contributed by atoms with van der Waals surface area (Å²) in [6.45, 7) is 6.60. The largest absolute Gasteiger partial charge is 0.324 e. The van der Waals surface area contributed by atoms with E-state index in [9.17, 15) is 4.79 Å². The molecule has 1 aromatic carbocycles. The van der Waals surface area contributed by atoms with Crippen molar-refractivity contribution in [2.24, 2.45) is 5.73 Å². The van der Waals surface area contributed by atoms with Gasteiger partial charge >= 0.3 is 0 Å². The third-order valence-electron chi connectivity index (χ3n) is 3.44. The SMILES string of the molecule is CC(C)(N)C(=O)Nc1ccccc1CN1CCCC1. The number of hydrogen-bond donors (Lipinski definition) is 2. The zero-order valence-corrected chi connectivity index (χ0v) is 11.8. The van der Waals surface area contributed by atoms with Crippen LogP contribution >= 0.6 is 0 Å². The molecule has 1 aliphatic heterocycles. The number of benzene rings is 1. The lowest BCUT2D eigenvalue weighted by Gasteiger charge is -2.21. The predicted octanol–water partition coefficient (Wildman–Crippen LogP) is 1.96. The molecule has 1 aromatic rings. The molecule has 0 atom stereocenters. The number of anilines is 1. The van der Waals surface area contributed by atoms with Gasteiger partial charge in [0.25, 0.3) is 0 Å². The van der Waals surface area contributed by atoms with Crippen molar-refractivity contribution in [3.8, 4) is 0 Å². The van der Waals surface area contributed by atoms with Crippen LogP contribution in [0.1, 0.15) is 32.3 Å². The fraction of sp³-hybridized carbons (Fsp3) is 0.533. The number of nitrogens with one attached hydrogen (secondary N) is 1. The van der Waals surface area contributed by atoms with Crippen molar-refractivity contribution in [2.45, 2.75) is 38.8 Å². The van der Waals surface area contributed by atoms with Crippen molar-refractivity contribution in [2.75, 3.05) is 18.4 Å². The van der Waals surface area contributed by atoms with Gasteiger partial charge in [-0.15, -0.1) is 0 Å². The normalized spacial score (nSPS) is 16.6. The van der Waals surface area contributed by atoms with E-state index < -0.39 is 5.54 Å². The monoisotopic (exact) mass is 261 g/mol. The summed E-state index contributed by atoms with van der Waals surface area (Å²) >= 11 is 0. The molecule has 0 spiro atoms. The molecule has 1 saturated heterocycles. The van der Waals surface area contributed by atoms with Gasteiger partial charge in [0.2, 0.25) is 5.91 Å². The molecule has 0 aromatic heterocycles. The molecular weight excluding hydrogens is 238 g/mol. The molecule has 4 heteroatoms. The molecule has 3 N–H and O–H groups in total. The molecule has 0 radical (unpaired) electrons. The van der Waals surface area contributed by atoms with E-state index in [1.165, 1.54) is 12.8 Å². The zero-order valence-electron chi connectivity index (χ0n) is 11.8. The molecule has 0 aliphatic carbocycles. The molecule has 2 rings (SSSR count). The minimum Gasteiger partial charge on any atom is -0.324 e. The Morgan fingerprint density at radius 3 is 2.58 bits per heavy atom. The Balaban J connectivity index is 2.09. The van der Waals surface area contributed by atoms with E-state index in [1.54, 1.807) is 13.8 Å². The van der Waals surface area contributed by atoms with E-state index in [4.69, 9.17) is 5.73 Å². The van der Waals surface area contributed by atoms with Crippen molar-refractivity contribution >= 4 is 11.6 Å². The molecule has 0 bridgehead atoms. The Kier molecular flexibility index (Phi) is 4.22. The van der Waals surface area contributed by atoms with Crippen LogP contribution in [-0.2, 0) is 11.3 Å². The van der Waals surface area contributed by atoms with Gasteiger partial charge in [0, 0.05) is 12.2 Å². The van der Waals surface area contributed by atoms with E-state index in [-0.39, 0.29) is 5.91 Å². The molecule has 0 saturated carbocycles. The van der Waals surface area contributed by atoms with Crippen molar-refractivity contribution < 1.29 is 4.79 Å². The quantitative estimate of drug-likeness (QED) is 0.871. The maximum atomic E-state index is 12.0. The highest BCUT2D eigenvalue weighted by Gasteiger charge is 2.23. The fourth-order valence-corrected chi connectivity index (χ4v) is 2.25. The Morgan fingerprint density at radius 2 is 1.95 bits per heavy atom. The lowest BCUT2D eigenvalue weighted by molar-refractivity contribution is -0.120. The third kappa shape index (κ3) is 3.78. The van der Waals surface area contributed by atoms with E-state index in [0.717, 1.165) is 30.9 Å². The molecule has 104 valence electrons. The summed E-state index contributed by atoms with van der Waals surface area (Å²) in [5.41, 5.74) is 6.99. The Hall–Kier alpha value is -1.39. The molecule has 0 unspecified atom stereocenters. The van der Waals surface area contributed by atoms with Gasteiger partial charge in [0.15, 0.2) is 0 Å². The highest BCUT2D eigenvalue weighted by atomic mass is 16.2. The highest BCUT2D eigenvalue weighted by molar-refractivity contribution is 5.97. The molecule has 1 heterocycles. The number of likely N-dealkylation sites (tertiary alicyclic amines) is 1. The highest BCUT2D eigenvalue weighted by Crippen LogP contribution is 2.20. The van der Waals surface area contributed by atoms with E-state index >= 15 is 0 Å². The summed E-state index contributed by atoms with van der Waals surface area (Å²) in [7, 11) is 0. The Morgan fingerprint density at radius 1 is 1.32 bits per heavy atom. The lowest BCUT2D eigenvalue weighted by Crippen LogP contribution is -2.45. The second-order valence-electron chi connectivity index (χ2n) is 5.82. The second-order valence-corrected chi connectivity index (χ2v) is 5.82. The summed E-state index contributed by atoms with van der Waals surface area (Å²) < 4.78 is 0. The minimum absolute atomic E-state index is 0.152. The standard InChI is InChI=1S/C15H23N3O/c1-15(2,16)14(19)17-13-8-4-3-7-12(13)11-18-9-5-6-10-18/h3-4,7-8H,5-6,9-11,16H2,1-2H3,(H,17,19). The van der Waals surface area contributed by atoms with E-state index in [0.29, 0.717) is 0 Å². The lowest BCUT2D eigenvalue weighted by atomic mass is 10.1. The summed E-state index contributed by atoms with van der Waals surface area (Å²) in [6.07, 6.45) is 2.54. The maximum Gasteiger partial charge on any atom is 0.243 e. The minimum atomic E-state index is -0.860. The van der Waals surface area contributed by atoms with E-state index in [1.807, 2.05) is 18.2 Å². The molecule has 4 nitrogen and oxygen atoms in total. The van der Waals surface area contributed by atoms with Crippen LogP contribution in [0.5, 0.6) is 0 Å². The van der Waals surface area contributed by atoms with Gasteiger partial charge in [-0.05, 0) is 51.4 Å². The predicted molar refractivity (Wildman–Crippen MR) is 77.8 cm³/mol. The van der Waals surface area contributed by atoms with Crippen molar-refractivity contribution in [1.82, 2.24) is 4.90 Å². The van der Waals surface area contributed by atoms with Crippen LogP contribution in [0.15, 0.2) is 24.3 Å². The van der Waals surface area contributed by atoms with Gasteiger partial charge in [-0.25, -0.2) is 0 Å². The number of carbonyl (C=O) groups is 1. The van der Waals surface area contributed by atoms with Gasteiger partial charge < -0.3 is 11.1 Å². The fourth-order valence-electron chi connectivity index (χ4n) is 2.25. The van der Waals surface area contributed by atoms with E-state index in [2.05, 4.69) is 16.3 Å². The third-order valence-corrected chi connectivity index (χ3v) is 3.44. The van der Waals surface area contributed by atoms with Crippen LogP contribution in [0, 0.1) is 0 Å². The molecule has 1 amide bonds. The number of para-hydroxylation sites is 1. The Bertz CT molecular complexity index is 445. The first-order chi connectivity index (χ1) is 8.97. The molecular formula is C15H23N3O. The average Bonchev–Trinajstić information content (AvgIpc) is 2.83. The van der Waals surface area contributed by atoms with Crippen LogP contribution in [0.2, 0.25) is 0 Å². The van der Waals surface area contributed by atoms with Crippen molar-refractivity contribution in [3.63, 3.8) is 0 Å². The smallest absolute Gasteiger partial charge is 0.243 e. The number of amides is 1. The number of nitrogens with two attached hydrogens (primary N) is 1. The van der Waals surface area contributed by atoms with Crippen LogP contribution in [0.4, 0.5) is 5.69 Å². The van der Waals surface area contributed by atoms with Crippen LogP contribution in [0.3, 0.4) is 0 Å². The van der Waals surface area contributed by atoms with Crippen molar-refractivity contribution in [1.29, 1.82) is 0 Å². The first kappa shape index (κ1) is 14.0. The van der Waals surface area contributed by atoms with Gasteiger partial charge in [-0.2, -0.15) is 0 Å². The summed E-state index contributed by atoms with van der Waals surface area (Å²) in [6, 6.07) is 7.95. The zero-order chi connectivity index (χ0) is 13.9.